The molecule has 0 saturated carbocycles. The smallest absolute Gasteiger partial charge is 0.137 e. The number of benzene rings is 2. The summed E-state index contributed by atoms with van der Waals surface area (Å²) in [6.07, 6.45) is 1.56. The third-order valence-electron chi connectivity index (χ3n) is 4.39. The zero-order valence-corrected chi connectivity index (χ0v) is 14.5. The van der Waals surface area contributed by atoms with Crippen LogP contribution in [0, 0.1) is 0 Å². The summed E-state index contributed by atoms with van der Waals surface area (Å²) in [5.74, 6) is 0.818. The molecular formula is C19H19ClN4O. The molecule has 25 heavy (non-hydrogen) atoms. The van der Waals surface area contributed by atoms with Crippen LogP contribution in [-0.4, -0.2) is 36.3 Å². The summed E-state index contributed by atoms with van der Waals surface area (Å²) in [6.45, 7) is 4.10. The number of para-hydroxylation sites is 1. The number of rotatable bonds is 4. The van der Waals surface area contributed by atoms with E-state index >= 15 is 0 Å². The molecule has 1 aliphatic rings. The van der Waals surface area contributed by atoms with Crippen molar-refractivity contribution in [1.82, 2.24) is 9.97 Å². The van der Waals surface area contributed by atoms with Gasteiger partial charge < -0.3 is 15.0 Å². The number of ether oxygens (including phenoxy) is 1. The summed E-state index contributed by atoms with van der Waals surface area (Å²) in [7, 11) is 0. The van der Waals surface area contributed by atoms with E-state index in [2.05, 4.69) is 44.5 Å². The molecule has 2 heterocycles. The van der Waals surface area contributed by atoms with Crippen LogP contribution >= 0.6 is 11.6 Å². The van der Waals surface area contributed by atoms with Gasteiger partial charge in [-0.15, -0.1) is 0 Å². The van der Waals surface area contributed by atoms with Crippen molar-refractivity contribution in [2.75, 3.05) is 36.5 Å². The highest BCUT2D eigenvalue weighted by atomic mass is 35.5. The first kappa shape index (κ1) is 16.1. The second-order valence-corrected chi connectivity index (χ2v) is 6.40. The van der Waals surface area contributed by atoms with Crippen LogP contribution in [0.5, 0.6) is 0 Å². The van der Waals surface area contributed by atoms with Gasteiger partial charge in [0.1, 0.15) is 12.1 Å². The lowest BCUT2D eigenvalue weighted by Gasteiger charge is -2.30. The van der Waals surface area contributed by atoms with Crippen molar-refractivity contribution < 1.29 is 4.74 Å². The summed E-state index contributed by atoms with van der Waals surface area (Å²) in [6, 6.07) is 14.1. The minimum absolute atomic E-state index is 0.676. The van der Waals surface area contributed by atoms with Gasteiger partial charge in [-0.25, -0.2) is 9.97 Å². The molecule has 5 nitrogen and oxygen atoms in total. The number of anilines is 2. The van der Waals surface area contributed by atoms with Crippen LogP contribution in [0.3, 0.4) is 0 Å². The van der Waals surface area contributed by atoms with Gasteiger partial charge in [-0.1, -0.05) is 29.8 Å². The topological polar surface area (TPSA) is 50.3 Å². The van der Waals surface area contributed by atoms with Crippen molar-refractivity contribution >= 4 is 34.0 Å². The van der Waals surface area contributed by atoms with Gasteiger partial charge >= 0.3 is 0 Å². The van der Waals surface area contributed by atoms with Gasteiger partial charge in [-0.3, -0.25) is 0 Å². The van der Waals surface area contributed by atoms with Gasteiger partial charge in [0.2, 0.25) is 0 Å². The predicted molar refractivity (Wildman–Crippen MR) is 101 cm³/mol. The van der Waals surface area contributed by atoms with Crippen molar-refractivity contribution in [3.8, 4) is 0 Å². The van der Waals surface area contributed by atoms with Crippen LogP contribution in [-0.2, 0) is 11.3 Å². The Balaban J connectivity index is 1.58. The van der Waals surface area contributed by atoms with E-state index in [1.807, 2.05) is 18.2 Å². The zero-order chi connectivity index (χ0) is 17.1. The normalized spacial score (nSPS) is 14.7. The van der Waals surface area contributed by atoms with Gasteiger partial charge in [-0.2, -0.15) is 0 Å². The fourth-order valence-electron chi connectivity index (χ4n) is 3.12. The number of morpholine rings is 1. The van der Waals surface area contributed by atoms with Crippen molar-refractivity contribution in [1.29, 1.82) is 0 Å². The predicted octanol–water partition coefficient (Wildman–Crippen LogP) is 3.73. The third-order valence-corrected chi connectivity index (χ3v) is 4.62. The Bertz CT molecular complexity index is 880. The van der Waals surface area contributed by atoms with Gasteiger partial charge in [0.15, 0.2) is 0 Å². The minimum atomic E-state index is 0.676. The van der Waals surface area contributed by atoms with E-state index in [0.29, 0.717) is 11.6 Å². The van der Waals surface area contributed by atoms with E-state index in [1.54, 1.807) is 6.33 Å². The molecule has 2 aromatic carbocycles. The summed E-state index contributed by atoms with van der Waals surface area (Å²) in [5, 5.41) is 5.09. The van der Waals surface area contributed by atoms with Gasteiger partial charge in [0.25, 0.3) is 0 Å². The molecule has 3 aromatic rings. The summed E-state index contributed by atoms with van der Waals surface area (Å²) >= 11 is 6.05. The molecule has 128 valence electrons. The van der Waals surface area contributed by atoms with Crippen molar-refractivity contribution in [2.24, 2.45) is 0 Å². The van der Waals surface area contributed by atoms with Crippen molar-refractivity contribution in [3.63, 3.8) is 0 Å². The van der Waals surface area contributed by atoms with Crippen LogP contribution in [0.25, 0.3) is 10.9 Å². The average Bonchev–Trinajstić information content (AvgIpc) is 2.67. The molecule has 0 spiro atoms. The molecule has 0 atom stereocenters. The second kappa shape index (κ2) is 7.25. The monoisotopic (exact) mass is 354 g/mol. The molecule has 1 fully saturated rings. The SMILES string of the molecule is Clc1ccc2c(NCc3ccccc3N3CCOCC3)ncnc2c1. The molecule has 0 unspecified atom stereocenters. The fourth-order valence-corrected chi connectivity index (χ4v) is 3.29. The number of fused-ring (bicyclic) bond motifs is 1. The van der Waals surface area contributed by atoms with E-state index in [-0.39, 0.29) is 0 Å². The molecule has 0 aliphatic carbocycles. The summed E-state index contributed by atoms with van der Waals surface area (Å²) < 4.78 is 5.46. The van der Waals surface area contributed by atoms with E-state index in [4.69, 9.17) is 16.3 Å². The Morgan fingerprint density at radius 1 is 1.08 bits per heavy atom. The van der Waals surface area contributed by atoms with Crippen LogP contribution in [0.2, 0.25) is 5.02 Å². The third kappa shape index (κ3) is 3.52. The Morgan fingerprint density at radius 2 is 1.92 bits per heavy atom. The lowest BCUT2D eigenvalue weighted by molar-refractivity contribution is 0.122. The summed E-state index contributed by atoms with van der Waals surface area (Å²) in [4.78, 5) is 11.1. The first-order valence-corrected chi connectivity index (χ1v) is 8.74. The number of hydrogen-bond acceptors (Lipinski definition) is 5. The molecule has 0 radical (unpaired) electrons. The highest BCUT2D eigenvalue weighted by Gasteiger charge is 2.14. The fraction of sp³-hybridized carbons (Fsp3) is 0.263. The Labute approximate surface area is 151 Å². The molecule has 1 aromatic heterocycles. The van der Waals surface area contributed by atoms with Crippen LogP contribution < -0.4 is 10.2 Å². The first-order valence-electron chi connectivity index (χ1n) is 8.36. The highest BCUT2D eigenvalue weighted by molar-refractivity contribution is 6.31. The van der Waals surface area contributed by atoms with E-state index in [0.717, 1.165) is 43.0 Å². The molecule has 1 aliphatic heterocycles. The molecule has 0 amide bonds. The van der Waals surface area contributed by atoms with E-state index in [9.17, 15) is 0 Å². The van der Waals surface area contributed by atoms with Crippen molar-refractivity contribution in [2.45, 2.75) is 6.54 Å². The Kier molecular flexibility index (Phi) is 4.68. The quantitative estimate of drug-likeness (QED) is 0.773. The van der Waals surface area contributed by atoms with Crippen molar-refractivity contribution in [3.05, 3.63) is 59.4 Å². The summed E-state index contributed by atoms with van der Waals surface area (Å²) in [5.41, 5.74) is 3.33. The maximum atomic E-state index is 6.05. The van der Waals surface area contributed by atoms with E-state index < -0.39 is 0 Å². The van der Waals surface area contributed by atoms with Gasteiger partial charge in [0, 0.05) is 35.7 Å². The first-order chi connectivity index (χ1) is 12.3. The number of halogens is 1. The average molecular weight is 355 g/mol. The van der Waals surface area contributed by atoms with Crippen LogP contribution in [0.4, 0.5) is 11.5 Å². The van der Waals surface area contributed by atoms with Crippen LogP contribution in [0.1, 0.15) is 5.56 Å². The Morgan fingerprint density at radius 3 is 2.80 bits per heavy atom. The lowest BCUT2D eigenvalue weighted by Crippen LogP contribution is -2.36. The Hall–Kier alpha value is -2.37. The zero-order valence-electron chi connectivity index (χ0n) is 13.8. The minimum Gasteiger partial charge on any atom is -0.378 e. The molecule has 4 rings (SSSR count). The van der Waals surface area contributed by atoms with Gasteiger partial charge in [-0.05, 0) is 29.8 Å². The molecular weight excluding hydrogens is 336 g/mol. The largest absolute Gasteiger partial charge is 0.378 e. The van der Waals surface area contributed by atoms with E-state index in [1.165, 1.54) is 11.3 Å². The van der Waals surface area contributed by atoms with Gasteiger partial charge in [0.05, 0.1) is 18.7 Å². The number of hydrogen-bond donors (Lipinski definition) is 1. The molecule has 1 saturated heterocycles. The molecule has 0 bridgehead atoms. The number of nitrogens with one attached hydrogen (secondary N) is 1. The van der Waals surface area contributed by atoms with Crippen LogP contribution in [0.15, 0.2) is 48.8 Å². The second-order valence-electron chi connectivity index (χ2n) is 5.97. The molecule has 6 heteroatoms. The number of aromatic nitrogens is 2. The molecule has 1 N–H and O–H groups in total. The highest BCUT2D eigenvalue weighted by Crippen LogP contribution is 2.25. The lowest BCUT2D eigenvalue weighted by atomic mass is 10.1. The maximum Gasteiger partial charge on any atom is 0.137 e. The standard InChI is InChI=1S/C19H19ClN4O/c20-15-5-6-16-17(11-15)22-13-23-19(16)21-12-14-3-1-2-4-18(14)24-7-9-25-10-8-24/h1-6,11,13H,7-10,12H2,(H,21,22,23). The number of nitrogens with zero attached hydrogens (tertiary/aromatic N) is 3. The maximum absolute atomic E-state index is 6.05.